The first kappa shape index (κ1) is 14.4. The van der Waals surface area contributed by atoms with E-state index in [2.05, 4.69) is 11.8 Å². The minimum atomic E-state index is -0.861. The molecule has 100 valence electrons. The molecule has 0 spiro atoms. The SMILES string of the molecule is CCC1COCCN1C(C)(CCOC)C(=O)O. The summed E-state index contributed by atoms with van der Waals surface area (Å²) in [6.45, 7) is 6.19. The van der Waals surface area contributed by atoms with Crippen molar-refractivity contribution in [2.75, 3.05) is 33.5 Å². The monoisotopic (exact) mass is 245 g/mol. The Morgan fingerprint density at radius 1 is 1.65 bits per heavy atom. The lowest BCUT2D eigenvalue weighted by Gasteiger charge is -2.45. The predicted molar refractivity (Wildman–Crippen MR) is 64.1 cm³/mol. The first-order valence-electron chi connectivity index (χ1n) is 6.13. The number of carboxylic acid groups (broad SMARTS) is 1. The number of ether oxygens (including phenoxy) is 2. The van der Waals surface area contributed by atoms with Gasteiger partial charge in [-0.2, -0.15) is 0 Å². The first-order valence-corrected chi connectivity index (χ1v) is 6.13. The zero-order chi connectivity index (χ0) is 12.9. The summed E-state index contributed by atoms with van der Waals surface area (Å²) in [5, 5.41) is 9.49. The lowest BCUT2D eigenvalue weighted by Crippen LogP contribution is -2.61. The van der Waals surface area contributed by atoms with Gasteiger partial charge < -0.3 is 14.6 Å². The minimum absolute atomic E-state index is 0.182. The van der Waals surface area contributed by atoms with Crippen molar-refractivity contribution in [3.63, 3.8) is 0 Å². The van der Waals surface area contributed by atoms with E-state index in [1.807, 2.05) is 0 Å². The van der Waals surface area contributed by atoms with Crippen LogP contribution in [0.25, 0.3) is 0 Å². The van der Waals surface area contributed by atoms with Gasteiger partial charge >= 0.3 is 5.97 Å². The zero-order valence-electron chi connectivity index (χ0n) is 10.9. The smallest absolute Gasteiger partial charge is 0.323 e. The van der Waals surface area contributed by atoms with Crippen molar-refractivity contribution in [1.29, 1.82) is 0 Å². The van der Waals surface area contributed by atoms with E-state index < -0.39 is 11.5 Å². The molecular weight excluding hydrogens is 222 g/mol. The van der Waals surface area contributed by atoms with Crippen LogP contribution in [0.3, 0.4) is 0 Å². The maximum absolute atomic E-state index is 11.5. The number of carboxylic acids is 1. The van der Waals surface area contributed by atoms with Crippen molar-refractivity contribution in [3.8, 4) is 0 Å². The molecule has 0 aromatic rings. The average molecular weight is 245 g/mol. The van der Waals surface area contributed by atoms with Crippen LogP contribution in [0.15, 0.2) is 0 Å². The van der Waals surface area contributed by atoms with Gasteiger partial charge in [-0.25, -0.2) is 0 Å². The van der Waals surface area contributed by atoms with Crippen LogP contribution in [0.4, 0.5) is 0 Å². The normalized spacial score (nSPS) is 25.5. The number of aliphatic carboxylic acids is 1. The molecule has 0 amide bonds. The van der Waals surface area contributed by atoms with Crippen molar-refractivity contribution in [3.05, 3.63) is 0 Å². The summed E-state index contributed by atoms with van der Waals surface area (Å²) in [7, 11) is 1.60. The molecule has 2 unspecified atom stereocenters. The van der Waals surface area contributed by atoms with Gasteiger partial charge in [-0.3, -0.25) is 9.69 Å². The van der Waals surface area contributed by atoms with Crippen molar-refractivity contribution < 1.29 is 19.4 Å². The Balaban J connectivity index is 2.83. The van der Waals surface area contributed by atoms with Gasteiger partial charge in [0.15, 0.2) is 0 Å². The highest BCUT2D eigenvalue weighted by atomic mass is 16.5. The van der Waals surface area contributed by atoms with Crippen LogP contribution in [0, 0.1) is 0 Å². The third-order valence-electron chi connectivity index (χ3n) is 3.59. The number of hydrogen-bond acceptors (Lipinski definition) is 4. The molecule has 1 aliphatic heterocycles. The fourth-order valence-electron chi connectivity index (χ4n) is 2.32. The molecule has 1 fully saturated rings. The van der Waals surface area contributed by atoms with Gasteiger partial charge in [-0.15, -0.1) is 0 Å². The third-order valence-corrected chi connectivity index (χ3v) is 3.59. The lowest BCUT2D eigenvalue weighted by molar-refractivity contribution is -0.159. The molecule has 5 heteroatoms. The molecule has 1 heterocycles. The summed E-state index contributed by atoms with van der Waals surface area (Å²) >= 11 is 0. The fourth-order valence-corrected chi connectivity index (χ4v) is 2.32. The van der Waals surface area contributed by atoms with Crippen molar-refractivity contribution in [2.24, 2.45) is 0 Å². The molecule has 5 nitrogen and oxygen atoms in total. The highest BCUT2D eigenvalue weighted by molar-refractivity contribution is 5.78. The number of hydrogen-bond donors (Lipinski definition) is 1. The Morgan fingerprint density at radius 2 is 2.35 bits per heavy atom. The summed E-state index contributed by atoms with van der Waals surface area (Å²) in [5.41, 5.74) is -0.861. The number of carbonyl (C=O) groups is 1. The molecule has 0 radical (unpaired) electrons. The Labute approximate surface area is 103 Å². The van der Waals surface area contributed by atoms with Crippen molar-refractivity contribution in [1.82, 2.24) is 4.90 Å². The quantitative estimate of drug-likeness (QED) is 0.756. The van der Waals surface area contributed by atoms with Gasteiger partial charge in [0.2, 0.25) is 0 Å². The predicted octanol–water partition coefficient (Wildman–Crippen LogP) is 0.977. The Kier molecular flexibility index (Phi) is 5.36. The maximum Gasteiger partial charge on any atom is 0.323 e. The molecule has 0 aliphatic carbocycles. The summed E-state index contributed by atoms with van der Waals surface area (Å²) < 4.78 is 10.4. The zero-order valence-corrected chi connectivity index (χ0v) is 10.9. The number of nitrogens with zero attached hydrogens (tertiary/aromatic N) is 1. The second-order valence-electron chi connectivity index (χ2n) is 4.65. The fraction of sp³-hybridized carbons (Fsp3) is 0.917. The van der Waals surface area contributed by atoms with E-state index >= 15 is 0 Å². The number of methoxy groups -OCH3 is 1. The van der Waals surface area contributed by atoms with Crippen LogP contribution < -0.4 is 0 Å². The highest BCUT2D eigenvalue weighted by Crippen LogP contribution is 2.26. The molecule has 1 rings (SSSR count). The number of rotatable bonds is 6. The van der Waals surface area contributed by atoms with E-state index in [-0.39, 0.29) is 6.04 Å². The van der Waals surface area contributed by atoms with Crippen LogP contribution in [0.1, 0.15) is 26.7 Å². The number of morpholine rings is 1. The van der Waals surface area contributed by atoms with E-state index in [0.717, 1.165) is 6.42 Å². The summed E-state index contributed by atoms with van der Waals surface area (Å²) in [5.74, 6) is -0.782. The second-order valence-corrected chi connectivity index (χ2v) is 4.65. The molecule has 2 atom stereocenters. The summed E-state index contributed by atoms with van der Waals surface area (Å²) in [4.78, 5) is 13.6. The molecule has 0 bridgehead atoms. The largest absolute Gasteiger partial charge is 0.480 e. The average Bonchev–Trinajstić information content (AvgIpc) is 2.35. The van der Waals surface area contributed by atoms with Crippen LogP contribution in [0.2, 0.25) is 0 Å². The van der Waals surface area contributed by atoms with E-state index in [9.17, 15) is 9.90 Å². The van der Waals surface area contributed by atoms with Gasteiger partial charge in [-0.1, -0.05) is 6.92 Å². The standard InChI is InChI=1S/C12H23NO4/c1-4-10-9-17-8-6-13(10)12(2,11(14)15)5-7-16-3/h10H,4-9H2,1-3H3,(H,14,15). The minimum Gasteiger partial charge on any atom is -0.480 e. The Bertz CT molecular complexity index is 259. The molecule has 1 N–H and O–H groups in total. The Hall–Kier alpha value is -0.650. The lowest BCUT2D eigenvalue weighted by atomic mass is 9.92. The van der Waals surface area contributed by atoms with Crippen LogP contribution >= 0.6 is 0 Å². The van der Waals surface area contributed by atoms with E-state index in [1.54, 1.807) is 14.0 Å². The van der Waals surface area contributed by atoms with Crippen molar-refractivity contribution >= 4 is 5.97 Å². The molecule has 1 aliphatic rings. The van der Waals surface area contributed by atoms with Gasteiger partial charge in [0.05, 0.1) is 13.2 Å². The highest BCUT2D eigenvalue weighted by Gasteiger charge is 2.43. The van der Waals surface area contributed by atoms with Gasteiger partial charge in [0.1, 0.15) is 5.54 Å². The van der Waals surface area contributed by atoms with Crippen LogP contribution in [0.5, 0.6) is 0 Å². The molecule has 0 aromatic carbocycles. The molecular formula is C12H23NO4. The Morgan fingerprint density at radius 3 is 2.88 bits per heavy atom. The first-order chi connectivity index (χ1) is 8.06. The summed E-state index contributed by atoms with van der Waals surface area (Å²) in [6, 6.07) is 0.182. The van der Waals surface area contributed by atoms with E-state index in [4.69, 9.17) is 9.47 Å². The van der Waals surface area contributed by atoms with E-state index in [0.29, 0.717) is 32.8 Å². The maximum atomic E-state index is 11.5. The van der Waals surface area contributed by atoms with Gasteiger partial charge in [0, 0.05) is 26.3 Å². The van der Waals surface area contributed by atoms with Gasteiger partial charge in [-0.05, 0) is 19.8 Å². The van der Waals surface area contributed by atoms with E-state index in [1.165, 1.54) is 0 Å². The molecule has 17 heavy (non-hydrogen) atoms. The van der Waals surface area contributed by atoms with Crippen LogP contribution in [-0.4, -0.2) is 61.0 Å². The van der Waals surface area contributed by atoms with Crippen molar-refractivity contribution in [2.45, 2.75) is 38.3 Å². The van der Waals surface area contributed by atoms with Crippen LogP contribution in [-0.2, 0) is 14.3 Å². The molecule has 1 saturated heterocycles. The third kappa shape index (κ3) is 3.18. The molecule has 0 aromatic heterocycles. The topological polar surface area (TPSA) is 59.0 Å². The molecule has 0 saturated carbocycles. The summed E-state index contributed by atoms with van der Waals surface area (Å²) in [6.07, 6.45) is 1.39. The second kappa shape index (κ2) is 6.33. The van der Waals surface area contributed by atoms with Gasteiger partial charge in [0.25, 0.3) is 0 Å².